The number of carbonyl (C=O) groups is 2. The second kappa shape index (κ2) is 5.85. The Labute approximate surface area is 138 Å². The SMILES string of the molecule is O=C(C1CC(=O)N(c2nccs2)C1)N1CCOC2(CCNC2)C1. The Bertz CT molecular complexity index is 600. The van der Waals surface area contributed by atoms with E-state index in [2.05, 4.69) is 10.3 Å². The Morgan fingerprint density at radius 2 is 2.43 bits per heavy atom. The van der Waals surface area contributed by atoms with E-state index in [9.17, 15) is 9.59 Å². The van der Waals surface area contributed by atoms with Crippen molar-refractivity contribution in [1.82, 2.24) is 15.2 Å². The highest BCUT2D eigenvalue weighted by Gasteiger charge is 2.44. The molecule has 124 valence electrons. The molecule has 4 rings (SSSR count). The first kappa shape index (κ1) is 15.0. The second-order valence-electron chi connectivity index (χ2n) is 6.44. The Morgan fingerprint density at radius 3 is 3.17 bits per heavy atom. The van der Waals surface area contributed by atoms with E-state index in [4.69, 9.17) is 4.74 Å². The fourth-order valence-electron chi connectivity index (χ4n) is 3.68. The summed E-state index contributed by atoms with van der Waals surface area (Å²) in [6.07, 6.45) is 2.90. The lowest BCUT2D eigenvalue weighted by atomic mass is 9.98. The van der Waals surface area contributed by atoms with Crippen molar-refractivity contribution in [2.75, 3.05) is 44.2 Å². The van der Waals surface area contributed by atoms with E-state index >= 15 is 0 Å². The average Bonchev–Trinajstić information content (AvgIpc) is 3.28. The van der Waals surface area contributed by atoms with Crippen LogP contribution in [0.2, 0.25) is 0 Å². The molecule has 7 nitrogen and oxygen atoms in total. The van der Waals surface area contributed by atoms with Crippen LogP contribution in [0.5, 0.6) is 0 Å². The summed E-state index contributed by atoms with van der Waals surface area (Å²) in [6, 6.07) is 0. The molecule has 1 aromatic heterocycles. The summed E-state index contributed by atoms with van der Waals surface area (Å²) in [5.74, 6) is -0.202. The Hall–Kier alpha value is -1.51. The minimum Gasteiger partial charge on any atom is -0.370 e. The van der Waals surface area contributed by atoms with Crippen molar-refractivity contribution in [2.24, 2.45) is 5.92 Å². The summed E-state index contributed by atoms with van der Waals surface area (Å²) in [5, 5.41) is 5.84. The van der Waals surface area contributed by atoms with E-state index in [0.717, 1.165) is 19.5 Å². The summed E-state index contributed by atoms with van der Waals surface area (Å²) in [7, 11) is 0. The van der Waals surface area contributed by atoms with Gasteiger partial charge in [-0.1, -0.05) is 0 Å². The van der Waals surface area contributed by atoms with Gasteiger partial charge in [-0.3, -0.25) is 14.5 Å². The van der Waals surface area contributed by atoms with E-state index in [0.29, 0.717) is 31.4 Å². The molecule has 0 bridgehead atoms. The molecule has 0 saturated carbocycles. The molecule has 1 aromatic rings. The van der Waals surface area contributed by atoms with E-state index in [1.54, 1.807) is 11.1 Å². The number of amides is 2. The van der Waals surface area contributed by atoms with Crippen molar-refractivity contribution in [1.29, 1.82) is 0 Å². The summed E-state index contributed by atoms with van der Waals surface area (Å²) in [5.41, 5.74) is -0.231. The van der Waals surface area contributed by atoms with Crippen LogP contribution in [-0.4, -0.2) is 66.6 Å². The molecule has 3 aliphatic rings. The van der Waals surface area contributed by atoms with Gasteiger partial charge in [-0.05, 0) is 13.0 Å². The molecule has 1 spiro atoms. The van der Waals surface area contributed by atoms with Gasteiger partial charge in [-0.25, -0.2) is 4.98 Å². The second-order valence-corrected chi connectivity index (χ2v) is 7.31. The summed E-state index contributed by atoms with van der Waals surface area (Å²) in [6.45, 7) is 3.98. The maximum absolute atomic E-state index is 12.9. The number of thiazole rings is 1. The lowest BCUT2D eigenvalue weighted by Crippen LogP contribution is -2.56. The molecule has 3 fully saturated rings. The highest BCUT2D eigenvalue weighted by molar-refractivity contribution is 7.13. The van der Waals surface area contributed by atoms with Gasteiger partial charge in [0, 0.05) is 37.6 Å². The maximum atomic E-state index is 12.9. The van der Waals surface area contributed by atoms with Crippen LogP contribution in [0.15, 0.2) is 11.6 Å². The van der Waals surface area contributed by atoms with Gasteiger partial charge in [0.05, 0.1) is 24.7 Å². The number of anilines is 1. The number of rotatable bonds is 2. The normalized spacial score (nSPS) is 31.3. The first-order valence-corrected chi connectivity index (χ1v) is 8.88. The molecule has 3 saturated heterocycles. The molecular formula is C15H20N4O3S. The van der Waals surface area contributed by atoms with Crippen LogP contribution >= 0.6 is 11.3 Å². The maximum Gasteiger partial charge on any atom is 0.229 e. The number of aromatic nitrogens is 1. The summed E-state index contributed by atoms with van der Waals surface area (Å²) in [4.78, 5) is 32.8. The highest BCUT2D eigenvalue weighted by Crippen LogP contribution is 2.30. The number of carbonyl (C=O) groups excluding carboxylic acids is 2. The van der Waals surface area contributed by atoms with Gasteiger partial charge in [0.15, 0.2) is 5.13 Å². The first-order chi connectivity index (χ1) is 11.2. The van der Waals surface area contributed by atoms with Crippen molar-refractivity contribution in [3.63, 3.8) is 0 Å². The lowest BCUT2D eigenvalue weighted by molar-refractivity contribution is -0.151. The third kappa shape index (κ3) is 2.75. The summed E-state index contributed by atoms with van der Waals surface area (Å²) < 4.78 is 5.93. The van der Waals surface area contributed by atoms with Gasteiger partial charge in [0.2, 0.25) is 11.8 Å². The molecule has 0 aromatic carbocycles. The predicted molar refractivity (Wildman–Crippen MR) is 85.3 cm³/mol. The summed E-state index contributed by atoms with van der Waals surface area (Å²) >= 11 is 1.43. The van der Waals surface area contributed by atoms with E-state index in [1.807, 2.05) is 10.3 Å². The van der Waals surface area contributed by atoms with Crippen LogP contribution in [0.1, 0.15) is 12.8 Å². The standard InChI is InChI=1S/C15H20N4O3S/c20-12-7-11(8-19(12)14-17-3-6-23-14)13(21)18-4-5-22-15(10-18)1-2-16-9-15/h3,6,11,16H,1-2,4-5,7-10H2. The molecule has 23 heavy (non-hydrogen) atoms. The topological polar surface area (TPSA) is 74.8 Å². The van der Waals surface area contributed by atoms with Crippen molar-refractivity contribution in [3.8, 4) is 0 Å². The smallest absolute Gasteiger partial charge is 0.229 e. The Balaban J connectivity index is 1.44. The van der Waals surface area contributed by atoms with Crippen LogP contribution in [0, 0.1) is 5.92 Å². The van der Waals surface area contributed by atoms with Gasteiger partial charge < -0.3 is 15.0 Å². The quantitative estimate of drug-likeness (QED) is 0.828. The fraction of sp³-hybridized carbons (Fsp3) is 0.667. The van der Waals surface area contributed by atoms with Gasteiger partial charge in [-0.15, -0.1) is 11.3 Å². The number of ether oxygens (including phenoxy) is 1. The van der Waals surface area contributed by atoms with Gasteiger partial charge >= 0.3 is 0 Å². The van der Waals surface area contributed by atoms with Crippen molar-refractivity contribution in [3.05, 3.63) is 11.6 Å². The Kier molecular flexibility index (Phi) is 3.82. The van der Waals surface area contributed by atoms with Crippen molar-refractivity contribution in [2.45, 2.75) is 18.4 Å². The largest absolute Gasteiger partial charge is 0.370 e. The zero-order chi connectivity index (χ0) is 15.9. The van der Waals surface area contributed by atoms with Crippen molar-refractivity contribution < 1.29 is 14.3 Å². The zero-order valence-corrected chi connectivity index (χ0v) is 13.7. The van der Waals surface area contributed by atoms with E-state index in [1.165, 1.54) is 11.3 Å². The van der Waals surface area contributed by atoms with Gasteiger partial charge in [0.25, 0.3) is 0 Å². The molecule has 8 heteroatoms. The van der Waals surface area contributed by atoms with E-state index in [-0.39, 0.29) is 29.8 Å². The third-order valence-corrected chi connectivity index (χ3v) is 5.68. The average molecular weight is 336 g/mol. The molecule has 2 unspecified atom stereocenters. The molecular weight excluding hydrogens is 316 g/mol. The highest BCUT2D eigenvalue weighted by atomic mass is 32.1. The first-order valence-electron chi connectivity index (χ1n) is 8.00. The van der Waals surface area contributed by atoms with Crippen LogP contribution < -0.4 is 10.2 Å². The van der Waals surface area contributed by atoms with Crippen LogP contribution in [-0.2, 0) is 14.3 Å². The number of morpholine rings is 1. The molecule has 2 atom stereocenters. The monoisotopic (exact) mass is 336 g/mol. The molecule has 1 N–H and O–H groups in total. The van der Waals surface area contributed by atoms with Gasteiger partial charge in [-0.2, -0.15) is 0 Å². The lowest BCUT2D eigenvalue weighted by Gasteiger charge is -2.40. The number of nitrogens with zero attached hydrogens (tertiary/aromatic N) is 3. The molecule has 0 aliphatic carbocycles. The Morgan fingerprint density at radius 1 is 1.52 bits per heavy atom. The molecule has 4 heterocycles. The number of nitrogens with one attached hydrogen (secondary N) is 1. The number of hydrogen-bond acceptors (Lipinski definition) is 6. The molecule has 0 radical (unpaired) electrons. The van der Waals surface area contributed by atoms with E-state index < -0.39 is 0 Å². The predicted octanol–water partition coefficient (Wildman–Crippen LogP) is 0.0869. The number of hydrogen-bond donors (Lipinski definition) is 1. The fourth-order valence-corrected chi connectivity index (χ4v) is 4.35. The third-order valence-electron chi connectivity index (χ3n) is 4.89. The van der Waals surface area contributed by atoms with Crippen LogP contribution in [0.4, 0.5) is 5.13 Å². The zero-order valence-electron chi connectivity index (χ0n) is 12.9. The minimum atomic E-state index is -0.268. The van der Waals surface area contributed by atoms with Crippen LogP contribution in [0.25, 0.3) is 0 Å². The van der Waals surface area contributed by atoms with Crippen LogP contribution in [0.3, 0.4) is 0 Å². The molecule has 2 amide bonds. The molecule has 3 aliphatic heterocycles. The van der Waals surface area contributed by atoms with Gasteiger partial charge in [0.1, 0.15) is 0 Å². The van der Waals surface area contributed by atoms with Crippen molar-refractivity contribution >= 4 is 28.3 Å². The minimum absolute atomic E-state index is 0.0104.